The zero-order chi connectivity index (χ0) is 10.6. The van der Waals surface area contributed by atoms with E-state index in [1.54, 1.807) is 0 Å². The van der Waals surface area contributed by atoms with E-state index in [0.29, 0.717) is 4.75 Å². The summed E-state index contributed by atoms with van der Waals surface area (Å²) in [5, 5.41) is 7.12. The highest BCUT2D eigenvalue weighted by Gasteiger charge is 2.35. The number of nitrogens with one attached hydrogen (secondary N) is 2. The molecule has 0 bridgehead atoms. The summed E-state index contributed by atoms with van der Waals surface area (Å²) in [5.41, 5.74) is 0. The van der Waals surface area contributed by atoms with Crippen molar-refractivity contribution >= 4 is 11.8 Å². The van der Waals surface area contributed by atoms with Crippen molar-refractivity contribution in [2.45, 2.75) is 36.9 Å². The highest BCUT2D eigenvalue weighted by molar-refractivity contribution is 8.00. The molecule has 1 saturated heterocycles. The first-order chi connectivity index (χ1) is 7.35. The Morgan fingerprint density at radius 2 is 2.07 bits per heavy atom. The largest absolute Gasteiger partial charge is 0.317 e. The minimum atomic E-state index is 0.604. The number of hydrogen-bond donors (Lipinski definition) is 2. The van der Waals surface area contributed by atoms with E-state index in [4.69, 9.17) is 0 Å². The first-order valence-electron chi connectivity index (χ1n) is 6.31. The quantitative estimate of drug-likeness (QED) is 0.751. The molecule has 0 aromatic carbocycles. The summed E-state index contributed by atoms with van der Waals surface area (Å²) in [6, 6.07) is 0. The summed E-state index contributed by atoms with van der Waals surface area (Å²) in [6.07, 6.45) is 9.28. The summed E-state index contributed by atoms with van der Waals surface area (Å²) >= 11 is 2.07. The molecular formula is C12H24N2S. The molecule has 2 nitrogen and oxygen atoms in total. The first-order valence-corrected chi connectivity index (χ1v) is 7.54. The maximum Gasteiger partial charge on any atom is 0.0281 e. The lowest BCUT2D eigenvalue weighted by Crippen LogP contribution is -2.45. The van der Waals surface area contributed by atoms with Gasteiger partial charge in [-0.3, -0.25) is 0 Å². The molecule has 2 aliphatic rings. The normalized spacial score (nSPS) is 26.2. The summed E-state index contributed by atoms with van der Waals surface area (Å²) in [5.74, 6) is 0.922. The van der Waals surface area contributed by atoms with E-state index in [1.165, 1.54) is 58.3 Å². The summed E-state index contributed by atoms with van der Waals surface area (Å²) in [7, 11) is 0. The lowest BCUT2D eigenvalue weighted by molar-refractivity contribution is 0.312. The van der Waals surface area contributed by atoms with Crippen molar-refractivity contribution in [2.75, 3.05) is 32.4 Å². The highest BCUT2D eigenvalue weighted by atomic mass is 32.2. The van der Waals surface area contributed by atoms with Crippen LogP contribution in [0.3, 0.4) is 0 Å². The zero-order valence-electron chi connectivity index (χ0n) is 9.85. The molecule has 0 aromatic rings. The van der Waals surface area contributed by atoms with Gasteiger partial charge in [-0.05, 0) is 57.5 Å². The Labute approximate surface area is 98.0 Å². The van der Waals surface area contributed by atoms with Gasteiger partial charge in [0.25, 0.3) is 0 Å². The first kappa shape index (κ1) is 11.7. The number of thioether (sulfide) groups is 1. The van der Waals surface area contributed by atoms with Crippen LogP contribution in [-0.2, 0) is 0 Å². The van der Waals surface area contributed by atoms with Crippen molar-refractivity contribution in [1.29, 1.82) is 0 Å². The van der Waals surface area contributed by atoms with Crippen LogP contribution in [0.1, 0.15) is 32.1 Å². The van der Waals surface area contributed by atoms with Gasteiger partial charge in [-0.15, -0.1) is 0 Å². The highest BCUT2D eigenvalue weighted by Crippen LogP contribution is 2.42. The molecule has 2 N–H and O–H groups in total. The Morgan fingerprint density at radius 3 is 2.60 bits per heavy atom. The zero-order valence-corrected chi connectivity index (χ0v) is 10.7. The van der Waals surface area contributed by atoms with Crippen LogP contribution in [0, 0.1) is 5.92 Å². The number of rotatable bonds is 5. The van der Waals surface area contributed by atoms with Crippen LogP contribution in [0.5, 0.6) is 0 Å². The molecule has 0 unspecified atom stereocenters. The Bertz CT molecular complexity index is 181. The molecule has 88 valence electrons. The maximum atomic E-state index is 3.70. The fourth-order valence-corrected chi connectivity index (χ4v) is 3.56. The average molecular weight is 228 g/mol. The Kier molecular flexibility index (Phi) is 4.35. The van der Waals surface area contributed by atoms with Crippen molar-refractivity contribution in [2.24, 2.45) is 5.92 Å². The van der Waals surface area contributed by atoms with Crippen molar-refractivity contribution in [3.8, 4) is 0 Å². The molecule has 2 rings (SSSR count). The third-order valence-electron chi connectivity index (χ3n) is 4.04. The molecule has 0 atom stereocenters. The maximum absolute atomic E-state index is 3.70. The van der Waals surface area contributed by atoms with E-state index in [0.717, 1.165) is 5.92 Å². The van der Waals surface area contributed by atoms with Crippen LogP contribution in [0.25, 0.3) is 0 Å². The standard InChI is InChI=1S/C12H24N2S/c1-15-12(5-2-6-12)10-14-9-11-3-7-13-8-4-11/h11,13-14H,2-10H2,1H3. The van der Waals surface area contributed by atoms with Gasteiger partial charge in [-0.1, -0.05) is 6.42 Å². The smallest absolute Gasteiger partial charge is 0.0281 e. The topological polar surface area (TPSA) is 24.1 Å². The summed E-state index contributed by atoms with van der Waals surface area (Å²) in [6.45, 7) is 4.92. The van der Waals surface area contributed by atoms with Crippen LogP contribution in [0.2, 0.25) is 0 Å². The van der Waals surface area contributed by atoms with Gasteiger partial charge in [0.1, 0.15) is 0 Å². The molecular weight excluding hydrogens is 204 g/mol. The predicted octanol–water partition coefficient (Wildman–Crippen LogP) is 1.86. The summed E-state index contributed by atoms with van der Waals surface area (Å²) < 4.78 is 0.604. The van der Waals surface area contributed by atoms with Gasteiger partial charge in [0, 0.05) is 11.3 Å². The predicted molar refractivity (Wildman–Crippen MR) is 68.6 cm³/mol. The van der Waals surface area contributed by atoms with Crippen molar-refractivity contribution in [3.05, 3.63) is 0 Å². The van der Waals surface area contributed by atoms with Crippen LogP contribution < -0.4 is 10.6 Å². The molecule has 2 fully saturated rings. The third-order valence-corrected chi connectivity index (χ3v) is 5.46. The minimum absolute atomic E-state index is 0.604. The van der Waals surface area contributed by atoms with Gasteiger partial charge in [-0.2, -0.15) is 11.8 Å². The molecule has 0 spiro atoms. The fraction of sp³-hybridized carbons (Fsp3) is 1.00. The van der Waals surface area contributed by atoms with E-state index in [1.807, 2.05) is 0 Å². The molecule has 1 heterocycles. The summed E-state index contributed by atoms with van der Waals surface area (Å²) in [4.78, 5) is 0. The molecule has 3 heteroatoms. The second-order valence-electron chi connectivity index (χ2n) is 5.06. The van der Waals surface area contributed by atoms with E-state index < -0.39 is 0 Å². The van der Waals surface area contributed by atoms with Gasteiger partial charge in [0.05, 0.1) is 0 Å². The van der Waals surface area contributed by atoms with Crippen molar-refractivity contribution < 1.29 is 0 Å². The molecule has 1 aliphatic carbocycles. The molecule has 1 saturated carbocycles. The molecule has 0 amide bonds. The number of hydrogen-bond acceptors (Lipinski definition) is 3. The average Bonchev–Trinajstić information content (AvgIpc) is 2.24. The Balaban J connectivity index is 1.61. The SMILES string of the molecule is CSC1(CNCC2CCNCC2)CCC1. The van der Waals surface area contributed by atoms with Gasteiger partial charge >= 0.3 is 0 Å². The van der Waals surface area contributed by atoms with Crippen LogP contribution in [-0.4, -0.2) is 37.2 Å². The van der Waals surface area contributed by atoms with Crippen LogP contribution in [0.4, 0.5) is 0 Å². The number of piperidine rings is 1. The van der Waals surface area contributed by atoms with E-state index in [-0.39, 0.29) is 0 Å². The molecule has 0 aromatic heterocycles. The lowest BCUT2D eigenvalue weighted by atomic mass is 9.84. The van der Waals surface area contributed by atoms with E-state index in [9.17, 15) is 0 Å². The van der Waals surface area contributed by atoms with Crippen molar-refractivity contribution in [1.82, 2.24) is 10.6 Å². The van der Waals surface area contributed by atoms with Crippen LogP contribution >= 0.6 is 11.8 Å². The fourth-order valence-electron chi connectivity index (χ4n) is 2.61. The van der Waals surface area contributed by atoms with Crippen molar-refractivity contribution in [3.63, 3.8) is 0 Å². The van der Waals surface area contributed by atoms with Crippen LogP contribution in [0.15, 0.2) is 0 Å². The molecule has 1 aliphatic heterocycles. The van der Waals surface area contributed by atoms with Gasteiger partial charge < -0.3 is 10.6 Å². The minimum Gasteiger partial charge on any atom is -0.317 e. The third kappa shape index (κ3) is 3.11. The lowest BCUT2D eigenvalue weighted by Gasteiger charge is -2.41. The van der Waals surface area contributed by atoms with E-state index in [2.05, 4.69) is 28.7 Å². The van der Waals surface area contributed by atoms with Gasteiger partial charge in [0.15, 0.2) is 0 Å². The monoisotopic (exact) mass is 228 g/mol. The van der Waals surface area contributed by atoms with Gasteiger partial charge in [0.2, 0.25) is 0 Å². The Hall–Kier alpha value is 0.270. The molecule has 15 heavy (non-hydrogen) atoms. The second kappa shape index (κ2) is 5.55. The second-order valence-corrected chi connectivity index (χ2v) is 6.34. The van der Waals surface area contributed by atoms with Gasteiger partial charge in [-0.25, -0.2) is 0 Å². The molecule has 0 radical (unpaired) electrons. The Morgan fingerprint density at radius 1 is 1.33 bits per heavy atom. The van der Waals surface area contributed by atoms with E-state index >= 15 is 0 Å².